The third kappa shape index (κ3) is 5.64. The van der Waals surface area contributed by atoms with E-state index in [4.69, 9.17) is 10.2 Å². The normalized spacial score (nSPS) is 21.0. The van der Waals surface area contributed by atoms with E-state index in [9.17, 15) is 9.59 Å². The van der Waals surface area contributed by atoms with Gasteiger partial charge in [-0.25, -0.2) is 9.59 Å². The lowest BCUT2D eigenvalue weighted by Crippen LogP contribution is -2.39. The summed E-state index contributed by atoms with van der Waals surface area (Å²) >= 11 is 0. The molecule has 2 unspecified atom stereocenters. The molecule has 0 radical (unpaired) electrons. The molecular formula is C22H26N4O4. The maximum absolute atomic E-state index is 9.55. The Morgan fingerprint density at radius 1 is 0.933 bits per heavy atom. The quantitative estimate of drug-likeness (QED) is 0.741. The molecule has 1 aromatic carbocycles. The Kier molecular flexibility index (Phi) is 7.13. The molecule has 158 valence electrons. The van der Waals surface area contributed by atoms with Gasteiger partial charge in [-0.05, 0) is 45.0 Å². The summed E-state index contributed by atoms with van der Waals surface area (Å²) in [4.78, 5) is 24.1. The lowest BCUT2D eigenvalue weighted by Gasteiger charge is -2.29. The van der Waals surface area contributed by atoms with E-state index in [1.54, 1.807) is 0 Å². The van der Waals surface area contributed by atoms with Crippen molar-refractivity contribution >= 4 is 17.8 Å². The lowest BCUT2D eigenvalue weighted by molar-refractivity contribution is -0.134. The fourth-order valence-electron chi connectivity index (χ4n) is 3.99. The van der Waals surface area contributed by atoms with E-state index in [1.807, 2.05) is 18.2 Å². The third-order valence-corrected chi connectivity index (χ3v) is 5.34. The number of benzene rings is 1. The summed E-state index contributed by atoms with van der Waals surface area (Å²) in [6.07, 6.45) is 4.91. The van der Waals surface area contributed by atoms with Crippen molar-refractivity contribution in [2.75, 3.05) is 25.0 Å². The van der Waals surface area contributed by atoms with Crippen molar-refractivity contribution in [1.29, 1.82) is 0 Å². The molecule has 2 fully saturated rings. The number of aromatic nitrogens is 2. The highest BCUT2D eigenvalue weighted by atomic mass is 16.4. The van der Waals surface area contributed by atoms with Gasteiger partial charge in [-0.15, -0.1) is 10.2 Å². The number of carboxylic acid groups (broad SMARTS) is 2. The van der Waals surface area contributed by atoms with Crippen LogP contribution < -0.4 is 4.90 Å². The molecule has 2 aliphatic rings. The van der Waals surface area contributed by atoms with Crippen LogP contribution >= 0.6 is 0 Å². The first-order valence-electron chi connectivity index (χ1n) is 9.94. The maximum atomic E-state index is 9.55. The summed E-state index contributed by atoms with van der Waals surface area (Å²) in [6.45, 7) is 2.33. The van der Waals surface area contributed by atoms with E-state index in [0.29, 0.717) is 24.2 Å². The van der Waals surface area contributed by atoms with E-state index in [1.165, 1.54) is 25.8 Å². The topological polar surface area (TPSA) is 107 Å². The number of likely N-dealkylation sites (tertiary alicyclic amines) is 1. The van der Waals surface area contributed by atoms with E-state index in [2.05, 4.69) is 51.3 Å². The third-order valence-electron chi connectivity index (χ3n) is 5.34. The van der Waals surface area contributed by atoms with Crippen molar-refractivity contribution in [3.8, 4) is 11.3 Å². The van der Waals surface area contributed by atoms with Crippen LogP contribution in [0, 0.1) is 0 Å². The minimum Gasteiger partial charge on any atom is -0.478 e. The van der Waals surface area contributed by atoms with Crippen molar-refractivity contribution in [3.05, 3.63) is 54.6 Å². The fourth-order valence-corrected chi connectivity index (χ4v) is 3.99. The summed E-state index contributed by atoms with van der Waals surface area (Å²) in [5, 5.41) is 24.6. The number of anilines is 1. The smallest absolute Gasteiger partial charge is 0.328 e. The number of fused-ring (bicyclic) bond motifs is 2. The minimum atomic E-state index is -1.26. The summed E-state index contributed by atoms with van der Waals surface area (Å²) < 4.78 is 0. The molecule has 0 spiro atoms. The van der Waals surface area contributed by atoms with Gasteiger partial charge in [0.15, 0.2) is 5.82 Å². The number of hydrogen-bond donors (Lipinski definition) is 2. The second kappa shape index (κ2) is 9.98. The highest BCUT2D eigenvalue weighted by Crippen LogP contribution is 2.33. The number of likely N-dealkylation sites (N-methyl/N-ethyl adjacent to an activating group) is 1. The Balaban J connectivity index is 0.000000275. The van der Waals surface area contributed by atoms with Crippen LogP contribution in [0.25, 0.3) is 11.3 Å². The molecule has 0 saturated carbocycles. The predicted molar refractivity (Wildman–Crippen MR) is 113 cm³/mol. The van der Waals surface area contributed by atoms with Gasteiger partial charge in [-0.2, -0.15) is 0 Å². The molecule has 3 heterocycles. The summed E-state index contributed by atoms with van der Waals surface area (Å²) in [6, 6.07) is 15.7. The first-order chi connectivity index (χ1) is 14.4. The van der Waals surface area contributed by atoms with Gasteiger partial charge in [0.05, 0.1) is 5.69 Å². The Morgan fingerprint density at radius 2 is 1.60 bits per heavy atom. The van der Waals surface area contributed by atoms with Gasteiger partial charge >= 0.3 is 11.9 Å². The van der Waals surface area contributed by atoms with Crippen LogP contribution in [-0.4, -0.2) is 69.5 Å². The van der Waals surface area contributed by atoms with Gasteiger partial charge < -0.3 is 20.0 Å². The van der Waals surface area contributed by atoms with Crippen LogP contribution in [0.15, 0.2) is 54.6 Å². The number of rotatable bonds is 4. The molecule has 2 N–H and O–H groups in total. The van der Waals surface area contributed by atoms with Crippen molar-refractivity contribution in [3.63, 3.8) is 0 Å². The molecule has 30 heavy (non-hydrogen) atoms. The fraction of sp³-hybridized carbons (Fsp3) is 0.364. The van der Waals surface area contributed by atoms with Crippen LogP contribution in [0.2, 0.25) is 0 Å². The molecule has 2 aromatic rings. The molecule has 2 atom stereocenters. The second-order valence-corrected chi connectivity index (χ2v) is 7.50. The molecule has 2 saturated heterocycles. The summed E-state index contributed by atoms with van der Waals surface area (Å²) in [5.74, 6) is -1.47. The van der Waals surface area contributed by atoms with Crippen LogP contribution in [-0.2, 0) is 9.59 Å². The SMILES string of the molecule is CN1CCC2CCC(C1)N2c1ccc(-c2ccccc2)nn1.O=C(O)/C=C/C(=O)O. The molecule has 2 aliphatic heterocycles. The first-order valence-corrected chi connectivity index (χ1v) is 9.94. The van der Waals surface area contributed by atoms with Gasteiger partial charge in [0, 0.05) is 36.3 Å². The largest absolute Gasteiger partial charge is 0.478 e. The van der Waals surface area contributed by atoms with Gasteiger partial charge in [-0.3, -0.25) is 0 Å². The maximum Gasteiger partial charge on any atom is 0.328 e. The molecule has 0 aliphatic carbocycles. The van der Waals surface area contributed by atoms with Crippen molar-refractivity contribution in [2.45, 2.75) is 31.3 Å². The van der Waals surface area contributed by atoms with E-state index in [0.717, 1.165) is 23.6 Å². The molecule has 1 aromatic heterocycles. The van der Waals surface area contributed by atoms with Crippen LogP contribution in [0.1, 0.15) is 19.3 Å². The van der Waals surface area contributed by atoms with Crippen LogP contribution in [0.5, 0.6) is 0 Å². The molecule has 2 bridgehead atoms. The molecule has 4 rings (SSSR count). The second-order valence-electron chi connectivity index (χ2n) is 7.50. The zero-order valence-electron chi connectivity index (χ0n) is 16.9. The highest BCUT2D eigenvalue weighted by molar-refractivity contribution is 5.89. The zero-order valence-corrected chi connectivity index (χ0v) is 16.9. The average Bonchev–Trinajstić information content (AvgIpc) is 3.05. The van der Waals surface area contributed by atoms with Gasteiger partial charge in [0.2, 0.25) is 0 Å². The molecule has 8 nitrogen and oxygen atoms in total. The van der Waals surface area contributed by atoms with Crippen molar-refractivity contribution in [1.82, 2.24) is 15.1 Å². The summed E-state index contributed by atoms with van der Waals surface area (Å²) in [5.41, 5.74) is 2.07. The average molecular weight is 410 g/mol. The van der Waals surface area contributed by atoms with Crippen molar-refractivity contribution in [2.24, 2.45) is 0 Å². The molecular weight excluding hydrogens is 384 g/mol. The Bertz CT molecular complexity index is 870. The van der Waals surface area contributed by atoms with Gasteiger partial charge in [-0.1, -0.05) is 30.3 Å². The Labute approximate surface area is 175 Å². The van der Waals surface area contributed by atoms with E-state index >= 15 is 0 Å². The minimum absolute atomic E-state index is 0.558. The predicted octanol–water partition coefficient (Wildman–Crippen LogP) is 2.53. The van der Waals surface area contributed by atoms with Crippen LogP contribution in [0.4, 0.5) is 5.82 Å². The number of nitrogens with zero attached hydrogens (tertiary/aromatic N) is 4. The molecule has 8 heteroatoms. The monoisotopic (exact) mass is 410 g/mol. The van der Waals surface area contributed by atoms with E-state index < -0.39 is 11.9 Å². The summed E-state index contributed by atoms with van der Waals surface area (Å²) in [7, 11) is 2.23. The van der Waals surface area contributed by atoms with E-state index in [-0.39, 0.29) is 0 Å². The van der Waals surface area contributed by atoms with Crippen LogP contribution in [0.3, 0.4) is 0 Å². The van der Waals surface area contributed by atoms with Crippen molar-refractivity contribution < 1.29 is 19.8 Å². The number of carboxylic acids is 2. The standard InChI is InChI=1S/C18H22N4.C4H4O4/c1-21-12-11-15-7-8-16(13-21)22(15)18-10-9-17(19-20-18)14-5-3-2-4-6-14;5-3(6)1-2-4(7)8/h2-6,9-10,15-16H,7-8,11-13H2,1H3;1-2H,(H,5,6)(H,7,8)/b;2-1+. The van der Waals surface area contributed by atoms with Gasteiger partial charge in [0.1, 0.15) is 0 Å². The number of aliphatic carboxylic acids is 2. The highest BCUT2D eigenvalue weighted by Gasteiger charge is 2.37. The molecule has 0 amide bonds. The van der Waals surface area contributed by atoms with Gasteiger partial charge in [0.25, 0.3) is 0 Å². The first kappa shape index (κ1) is 21.4. The number of carbonyl (C=O) groups is 2. The Hall–Kier alpha value is -3.26. The number of hydrogen-bond acceptors (Lipinski definition) is 6. The zero-order chi connectivity index (χ0) is 21.5. The Morgan fingerprint density at radius 3 is 2.20 bits per heavy atom. The lowest BCUT2D eigenvalue weighted by atomic mass is 10.1.